The Morgan fingerprint density at radius 1 is 1.06 bits per heavy atom. The first-order chi connectivity index (χ1) is 15.3. The van der Waals surface area contributed by atoms with Gasteiger partial charge in [0.25, 0.3) is 5.91 Å². The third-order valence-corrected chi connectivity index (χ3v) is 6.78. The molecular formula is C23H20Br2FN5O. The van der Waals surface area contributed by atoms with Crippen LogP contribution in [0.15, 0.2) is 63.7 Å². The number of hydrogen-bond acceptors (Lipinski definition) is 3. The SMILES string of the molecule is Cc1nn(Cc2cccc(C(=O)Nc3nn(Cc4ccccc4F)cc3Br)c2)c(C)c1Br. The van der Waals surface area contributed by atoms with Gasteiger partial charge in [0.05, 0.1) is 33.4 Å². The number of aromatic nitrogens is 4. The summed E-state index contributed by atoms with van der Waals surface area (Å²) >= 11 is 6.96. The zero-order chi connectivity index (χ0) is 22.8. The molecule has 1 amide bonds. The number of benzene rings is 2. The van der Waals surface area contributed by atoms with E-state index in [0.717, 1.165) is 21.4 Å². The fourth-order valence-corrected chi connectivity index (χ4v) is 4.06. The largest absolute Gasteiger partial charge is 0.304 e. The Bertz CT molecular complexity index is 1300. The van der Waals surface area contributed by atoms with Crippen LogP contribution in [-0.2, 0) is 13.1 Å². The molecule has 4 rings (SSSR count). The van der Waals surface area contributed by atoms with Gasteiger partial charge in [0.15, 0.2) is 5.82 Å². The second-order valence-electron chi connectivity index (χ2n) is 7.41. The number of aryl methyl sites for hydroxylation is 1. The van der Waals surface area contributed by atoms with E-state index in [-0.39, 0.29) is 18.3 Å². The summed E-state index contributed by atoms with van der Waals surface area (Å²) in [6.07, 6.45) is 1.71. The van der Waals surface area contributed by atoms with Crippen LogP contribution in [0.25, 0.3) is 0 Å². The van der Waals surface area contributed by atoms with E-state index in [2.05, 4.69) is 47.4 Å². The van der Waals surface area contributed by atoms with E-state index in [1.807, 2.05) is 36.7 Å². The van der Waals surface area contributed by atoms with Crippen molar-refractivity contribution in [2.24, 2.45) is 0 Å². The summed E-state index contributed by atoms with van der Waals surface area (Å²) in [7, 11) is 0. The third-order valence-electron chi connectivity index (χ3n) is 5.05. The molecule has 0 fully saturated rings. The molecule has 0 spiro atoms. The number of carbonyl (C=O) groups is 1. The Kier molecular flexibility index (Phi) is 6.57. The Hall–Kier alpha value is -2.78. The summed E-state index contributed by atoms with van der Waals surface area (Å²) < 4.78 is 19.0. The molecule has 0 saturated carbocycles. The van der Waals surface area contributed by atoms with Gasteiger partial charge in [-0.15, -0.1) is 0 Å². The van der Waals surface area contributed by atoms with Crippen molar-refractivity contribution in [1.82, 2.24) is 19.6 Å². The number of amides is 1. The van der Waals surface area contributed by atoms with Gasteiger partial charge >= 0.3 is 0 Å². The Labute approximate surface area is 201 Å². The van der Waals surface area contributed by atoms with Crippen LogP contribution in [0.1, 0.15) is 32.9 Å². The maximum absolute atomic E-state index is 13.9. The van der Waals surface area contributed by atoms with Crippen molar-refractivity contribution in [3.8, 4) is 0 Å². The van der Waals surface area contributed by atoms with Gasteiger partial charge in [0.1, 0.15) is 5.82 Å². The number of halogens is 3. The number of nitrogens with one attached hydrogen (secondary N) is 1. The van der Waals surface area contributed by atoms with Gasteiger partial charge in [-0.1, -0.05) is 30.3 Å². The van der Waals surface area contributed by atoms with Crippen molar-refractivity contribution < 1.29 is 9.18 Å². The standard InChI is InChI=1S/C23H20Br2FN5O/c1-14-21(25)15(2)31(28-14)11-16-6-5-8-17(10-16)23(32)27-22-19(24)13-30(29-22)12-18-7-3-4-9-20(18)26/h3-10,13H,11-12H2,1-2H3,(H,27,29,32). The van der Waals surface area contributed by atoms with Crippen molar-refractivity contribution >= 4 is 43.6 Å². The van der Waals surface area contributed by atoms with Gasteiger partial charge in [-0.3, -0.25) is 14.2 Å². The molecule has 0 aliphatic heterocycles. The summed E-state index contributed by atoms with van der Waals surface area (Å²) in [6, 6.07) is 13.9. The lowest BCUT2D eigenvalue weighted by molar-refractivity contribution is 0.102. The van der Waals surface area contributed by atoms with Crippen LogP contribution in [0.5, 0.6) is 0 Å². The van der Waals surface area contributed by atoms with Crippen LogP contribution in [0.2, 0.25) is 0 Å². The molecule has 2 aromatic carbocycles. The van der Waals surface area contributed by atoms with Crippen molar-refractivity contribution in [3.63, 3.8) is 0 Å². The lowest BCUT2D eigenvalue weighted by atomic mass is 10.1. The van der Waals surface area contributed by atoms with E-state index in [1.165, 1.54) is 6.07 Å². The molecule has 6 nitrogen and oxygen atoms in total. The number of rotatable bonds is 6. The van der Waals surface area contributed by atoms with E-state index in [0.29, 0.717) is 28.0 Å². The first kappa shape index (κ1) is 22.4. The van der Waals surface area contributed by atoms with Crippen LogP contribution < -0.4 is 5.32 Å². The fraction of sp³-hybridized carbons (Fsp3) is 0.174. The average molecular weight is 561 g/mol. The van der Waals surface area contributed by atoms with Gasteiger partial charge in [0, 0.05) is 17.3 Å². The highest BCUT2D eigenvalue weighted by atomic mass is 79.9. The smallest absolute Gasteiger partial charge is 0.256 e. The van der Waals surface area contributed by atoms with Crippen LogP contribution in [-0.4, -0.2) is 25.5 Å². The molecular weight excluding hydrogens is 541 g/mol. The molecule has 0 radical (unpaired) electrons. The molecule has 9 heteroatoms. The molecule has 1 N–H and O–H groups in total. The Morgan fingerprint density at radius 3 is 2.56 bits per heavy atom. The van der Waals surface area contributed by atoms with E-state index < -0.39 is 0 Å². The summed E-state index contributed by atoms with van der Waals surface area (Å²) in [4.78, 5) is 12.8. The van der Waals surface area contributed by atoms with Crippen LogP contribution in [0, 0.1) is 19.7 Å². The predicted molar refractivity (Wildman–Crippen MR) is 128 cm³/mol. The summed E-state index contributed by atoms with van der Waals surface area (Å²) in [5.74, 6) is -0.200. The second kappa shape index (κ2) is 9.38. The van der Waals surface area contributed by atoms with E-state index in [4.69, 9.17) is 0 Å². The van der Waals surface area contributed by atoms with Crippen molar-refractivity contribution in [1.29, 1.82) is 0 Å². The lowest BCUT2D eigenvalue weighted by Crippen LogP contribution is -2.14. The lowest BCUT2D eigenvalue weighted by Gasteiger charge is -2.08. The highest BCUT2D eigenvalue weighted by Gasteiger charge is 2.14. The first-order valence-electron chi connectivity index (χ1n) is 9.88. The minimum absolute atomic E-state index is 0.259. The predicted octanol–water partition coefficient (Wildman–Crippen LogP) is 5.71. The summed E-state index contributed by atoms with van der Waals surface area (Å²) in [5, 5.41) is 11.7. The molecule has 2 heterocycles. The number of nitrogens with zero attached hydrogens (tertiary/aromatic N) is 4. The summed E-state index contributed by atoms with van der Waals surface area (Å²) in [5.41, 5.74) is 3.94. The number of hydrogen-bond donors (Lipinski definition) is 1. The van der Waals surface area contributed by atoms with Crippen LogP contribution >= 0.6 is 31.9 Å². The van der Waals surface area contributed by atoms with Crippen molar-refractivity contribution in [2.75, 3.05) is 5.32 Å². The molecule has 32 heavy (non-hydrogen) atoms. The minimum Gasteiger partial charge on any atom is -0.304 e. The topological polar surface area (TPSA) is 64.7 Å². The van der Waals surface area contributed by atoms with Gasteiger partial charge < -0.3 is 5.32 Å². The average Bonchev–Trinajstić information content (AvgIpc) is 3.23. The molecule has 4 aromatic rings. The highest BCUT2D eigenvalue weighted by molar-refractivity contribution is 9.11. The molecule has 164 valence electrons. The zero-order valence-corrected chi connectivity index (χ0v) is 20.6. The third kappa shape index (κ3) is 4.83. The van der Waals surface area contributed by atoms with Gasteiger partial charge in [0.2, 0.25) is 0 Å². The number of anilines is 1. The Morgan fingerprint density at radius 2 is 1.84 bits per heavy atom. The molecule has 0 atom stereocenters. The van der Waals surface area contributed by atoms with Crippen LogP contribution in [0.4, 0.5) is 10.2 Å². The molecule has 2 aromatic heterocycles. The van der Waals surface area contributed by atoms with Crippen molar-refractivity contribution in [2.45, 2.75) is 26.9 Å². The Balaban J connectivity index is 1.48. The van der Waals surface area contributed by atoms with Gasteiger partial charge in [-0.05, 0) is 69.5 Å². The maximum Gasteiger partial charge on any atom is 0.256 e. The molecule has 0 aliphatic carbocycles. The van der Waals surface area contributed by atoms with Gasteiger partial charge in [-0.2, -0.15) is 10.2 Å². The molecule has 0 bridgehead atoms. The van der Waals surface area contributed by atoms with E-state index in [1.54, 1.807) is 35.1 Å². The van der Waals surface area contributed by atoms with E-state index >= 15 is 0 Å². The molecule has 0 unspecified atom stereocenters. The highest BCUT2D eigenvalue weighted by Crippen LogP contribution is 2.23. The fourth-order valence-electron chi connectivity index (χ4n) is 3.36. The summed E-state index contributed by atoms with van der Waals surface area (Å²) in [6.45, 7) is 4.76. The van der Waals surface area contributed by atoms with Crippen LogP contribution in [0.3, 0.4) is 0 Å². The quantitative estimate of drug-likeness (QED) is 0.328. The monoisotopic (exact) mass is 559 g/mol. The minimum atomic E-state index is -0.295. The first-order valence-corrected chi connectivity index (χ1v) is 11.5. The normalized spacial score (nSPS) is 11.0. The van der Waals surface area contributed by atoms with E-state index in [9.17, 15) is 9.18 Å². The van der Waals surface area contributed by atoms with Crippen molar-refractivity contribution in [3.05, 3.63) is 97.6 Å². The number of carbonyl (C=O) groups excluding carboxylic acids is 1. The molecule has 0 saturated heterocycles. The zero-order valence-electron chi connectivity index (χ0n) is 17.4. The molecule has 0 aliphatic rings. The van der Waals surface area contributed by atoms with Gasteiger partial charge in [-0.25, -0.2) is 4.39 Å². The second-order valence-corrected chi connectivity index (χ2v) is 9.06. The maximum atomic E-state index is 13.9.